The van der Waals surface area contributed by atoms with Gasteiger partial charge in [-0.25, -0.2) is 5.43 Å². The SMILES string of the molecule is NNC(NCN/C(=C\C=O)COC1(C(=O)NCC2(O)CCCC2)CCCCC1)c1ccccc1. The van der Waals surface area contributed by atoms with Gasteiger partial charge >= 0.3 is 0 Å². The molecule has 0 saturated heterocycles. The third-order valence-electron chi connectivity index (χ3n) is 6.88. The zero-order valence-electron chi connectivity index (χ0n) is 19.9. The molecule has 2 fully saturated rings. The maximum absolute atomic E-state index is 13.2. The van der Waals surface area contributed by atoms with Gasteiger partial charge in [0.25, 0.3) is 5.91 Å². The molecule has 0 aromatic heterocycles. The van der Waals surface area contributed by atoms with Gasteiger partial charge in [0.05, 0.1) is 25.0 Å². The van der Waals surface area contributed by atoms with E-state index in [9.17, 15) is 14.7 Å². The molecule has 2 aliphatic rings. The number of hydrogen-bond donors (Lipinski definition) is 6. The van der Waals surface area contributed by atoms with E-state index < -0.39 is 11.2 Å². The summed E-state index contributed by atoms with van der Waals surface area (Å²) < 4.78 is 6.21. The summed E-state index contributed by atoms with van der Waals surface area (Å²) in [5, 5.41) is 20.0. The topological polar surface area (TPSA) is 138 Å². The van der Waals surface area contributed by atoms with Crippen LogP contribution in [-0.2, 0) is 14.3 Å². The summed E-state index contributed by atoms with van der Waals surface area (Å²) in [6.07, 6.45) is 9.34. The van der Waals surface area contributed by atoms with Crippen molar-refractivity contribution in [1.29, 1.82) is 0 Å². The first kappa shape index (κ1) is 26.3. The number of benzene rings is 1. The smallest absolute Gasteiger partial charge is 0.252 e. The van der Waals surface area contributed by atoms with E-state index in [0.717, 1.165) is 37.7 Å². The van der Waals surface area contributed by atoms with Crippen LogP contribution in [0.3, 0.4) is 0 Å². The lowest BCUT2D eigenvalue weighted by molar-refractivity contribution is -0.152. The predicted molar refractivity (Wildman–Crippen MR) is 130 cm³/mol. The molecule has 0 spiro atoms. The van der Waals surface area contributed by atoms with Crippen molar-refractivity contribution in [3.05, 3.63) is 47.7 Å². The van der Waals surface area contributed by atoms with Crippen LogP contribution in [0.4, 0.5) is 0 Å². The lowest BCUT2D eigenvalue weighted by Gasteiger charge is -2.37. The molecule has 1 unspecified atom stereocenters. The first-order valence-corrected chi connectivity index (χ1v) is 12.3. The highest BCUT2D eigenvalue weighted by Gasteiger charge is 2.42. The third-order valence-corrected chi connectivity index (χ3v) is 6.88. The molecule has 34 heavy (non-hydrogen) atoms. The average molecular weight is 474 g/mol. The van der Waals surface area contributed by atoms with E-state index in [-0.39, 0.29) is 25.2 Å². The van der Waals surface area contributed by atoms with E-state index in [1.807, 2.05) is 30.3 Å². The monoisotopic (exact) mass is 473 g/mol. The van der Waals surface area contributed by atoms with Crippen LogP contribution in [0.1, 0.15) is 69.5 Å². The van der Waals surface area contributed by atoms with Gasteiger partial charge in [0.2, 0.25) is 0 Å². The normalized spacial score (nSPS) is 20.5. The van der Waals surface area contributed by atoms with Gasteiger partial charge in [0.15, 0.2) is 0 Å². The molecule has 2 aliphatic carbocycles. The molecule has 1 atom stereocenters. The first-order chi connectivity index (χ1) is 16.5. The quantitative estimate of drug-likeness (QED) is 0.0834. The second kappa shape index (κ2) is 13.0. The minimum Gasteiger partial charge on any atom is -0.388 e. The number of hydrazine groups is 1. The molecule has 0 bridgehead atoms. The molecule has 188 valence electrons. The molecular weight excluding hydrogens is 434 g/mol. The molecule has 7 N–H and O–H groups in total. The minimum atomic E-state index is -0.949. The van der Waals surface area contributed by atoms with Crippen LogP contribution >= 0.6 is 0 Å². The number of aldehydes is 1. The van der Waals surface area contributed by atoms with E-state index in [1.165, 1.54) is 6.08 Å². The Balaban J connectivity index is 1.55. The highest BCUT2D eigenvalue weighted by Crippen LogP contribution is 2.33. The fourth-order valence-electron chi connectivity index (χ4n) is 4.82. The Morgan fingerprint density at radius 2 is 1.74 bits per heavy atom. The Labute approximate surface area is 201 Å². The summed E-state index contributed by atoms with van der Waals surface area (Å²) in [5.74, 6) is 5.50. The Morgan fingerprint density at radius 3 is 2.38 bits per heavy atom. The van der Waals surface area contributed by atoms with E-state index in [1.54, 1.807) is 0 Å². The number of rotatable bonds is 13. The Bertz CT molecular complexity index is 805. The zero-order chi connectivity index (χ0) is 24.3. The van der Waals surface area contributed by atoms with Crippen LogP contribution in [0.2, 0.25) is 0 Å². The number of aliphatic hydroxyl groups is 1. The predicted octanol–water partition coefficient (Wildman–Crippen LogP) is 1.51. The Kier molecular flexibility index (Phi) is 10.0. The lowest BCUT2D eigenvalue weighted by Crippen LogP contribution is -2.54. The van der Waals surface area contributed by atoms with E-state index in [0.29, 0.717) is 44.3 Å². The van der Waals surface area contributed by atoms with Crippen molar-refractivity contribution in [3.8, 4) is 0 Å². The highest BCUT2D eigenvalue weighted by atomic mass is 16.5. The van der Waals surface area contributed by atoms with Crippen molar-refractivity contribution in [2.75, 3.05) is 19.8 Å². The summed E-state index contributed by atoms with van der Waals surface area (Å²) >= 11 is 0. The van der Waals surface area contributed by atoms with Crippen LogP contribution in [0.5, 0.6) is 0 Å². The first-order valence-electron chi connectivity index (χ1n) is 12.3. The van der Waals surface area contributed by atoms with Crippen LogP contribution < -0.4 is 27.2 Å². The molecule has 1 amide bonds. The number of ether oxygens (including phenoxy) is 1. The van der Waals surface area contributed by atoms with Gasteiger partial charge in [0.1, 0.15) is 11.9 Å². The molecule has 2 saturated carbocycles. The van der Waals surface area contributed by atoms with Gasteiger partial charge in [-0.3, -0.25) is 20.7 Å². The van der Waals surface area contributed by atoms with Gasteiger partial charge in [-0.1, -0.05) is 62.4 Å². The van der Waals surface area contributed by atoms with Gasteiger partial charge in [-0.05, 0) is 37.3 Å². The van der Waals surface area contributed by atoms with Crippen molar-refractivity contribution >= 4 is 12.2 Å². The van der Waals surface area contributed by atoms with Gasteiger partial charge in [-0.15, -0.1) is 0 Å². The van der Waals surface area contributed by atoms with Crippen molar-refractivity contribution in [2.24, 2.45) is 5.84 Å². The van der Waals surface area contributed by atoms with Crippen LogP contribution in [-0.4, -0.2) is 48.3 Å². The van der Waals surface area contributed by atoms with Crippen molar-refractivity contribution in [3.63, 3.8) is 0 Å². The van der Waals surface area contributed by atoms with Gasteiger partial charge in [-0.2, -0.15) is 0 Å². The maximum atomic E-state index is 13.2. The van der Waals surface area contributed by atoms with Crippen molar-refractivity contribution in [2.45, 2.75) is 75.2 Å². The number of nitrogens with two attached hydrogens (primary N) is 1. The van der Waals surface area contributed by atoms with Crippen LogP contribution in [0.15, 0.2) is 42.1 Å². The number of carbonyl (C=O) groups excluding carboxylic acids is 2. The zero-order valence-corrected chi connectivity index (χ0v) is 19.9. The number of hydrogen-bond acceptors (Lipinski definition) is 8. The second-order valence-electron chi connectivity index (χ2n) is 9.35. The summed E-state index contributed by atoms with van der Waals surface area (Å²) in [6.45, 7) is 0.687. The number of allylic oxidation sites excluding steroid dienone is 1. The fraction of sp³-hybridized carbons (Fsp3) is 0.600. The van der Waals surface area contributed by atoms with Crippen LogP contribution in [0, 0.1) is 0 Å². The van der Waals surface area contributed by atoms with E-state index in [4.69, 9.17) is 10.6 Å². The summed E-state index contributed by atoms with van der Waals surface area (Å²) in [7, 11) is 0. The Morgan fingerprint density at radius 1 is 1.06 bits per heavy atom. The Hall–Kier alpha value is -2.30. The maximum Gasteiger partial charge on any atom is 0.252 e. The largest absolute Gasteiger partial charge is 0.388 e. The average Bonchev–Trinajstić information content (AvgIpc) is 3.31. The summed E-state index contributed by atoms with van der Waals surface area (Å²) in [6, 6.07) is 9.70. The lowest BCUT2D eigenvalue weighted by atomic mass is 9.83. The van der Waals surface area contributed by atoms with Crippen molar-refractivity contribution in [1.82, 2.24) is 21.4 Å². The van der Waals surface area contributed by atoms with Gasteiger partial charge in [0, 0.05) is 12.2 Å². The molecule has 9 heteroatoms. The highest BCUT2D eigenvalue weighted by molar-refractivity contribution is 5.85. The summed E-state index contributed by atoms with van der Waals surface area (Å²) in [4.78, 5) is 24.4. The van der Waals surface area contributed by atoms with Crippen molar-refractivity contribution < 1.29 is 19.4 Å². The number of amides is 1. The molecule has 0 aliphatic heterocycles. The number of carbonyl (C=O) groups is 2. The van der Waals surface area contributed by atoms with Crippen LogP contribution in [0.25, 0.3) is 0 Å². The molecule has 1 aromatic carbocycles. The molecule has 3 rings (SSSR count). The second-order valence-corrected chi connectivity index (χ2v) is 9.35. The molecule has 0 heterocycles. The standard InChI is InChI=1S/C25H39N5O4/c26-30-22(20-9-3-1-4-10-20)29-19-28-21(11-16-31)17-34-25(14-5-2-6-15-25)23(32)27-18-24(33)12-7-8-13-24/h1,3-4,9-11,16,22,28-30,33H,2,5-8,12-15,17-19,26H2,(H,27,32)/b21-11-. The molecule has 9 nitrogen and oxygen atoms in total. The third kappa shape index (κ3) is 7.35. The fourth-order valence-corrected chi connectivity index (χ4v) is 4.82. The van der Waals surface area contributed by atoms with Gasteiger partial charge < -0.3 is 20.5 Å². The minimum absolute atomic E-state index is 0.101. The summed E-state index contributed by atoms with van der Waals surface area (Å²) in [5.41, 5.74) is 2.51. The van der Waals surface area contributed by atoms with E-state index >= 15 is 0 Å². The molecule has 1 aromatic rings. The number of nitrogens with one attached hydrogen (secondary N) is 4. The molecular formula is C25H39N5O4. The van der Waals surface area contributed by atoms with E-state index in [2.05, 4.69) is 21.4 Å². The molecule has 0 radical (unpaired) electrons.